The van der Waals surface area contributed by atoms with Crippen LogP contribution in [0.4, 0.5) is 11.4 Å². The highest BCUT2D eigenvalue weighted by molar-refractivity contribution is 6.05. The molecule has 0 aromatic heterocycles. The summed E-state index contributed by atoms with van der Waals surface area (Å²) >= 11 is 0. The number of aliphatic hydroxyl groups is 1. The van der Waals surface area contributed by atoms with Crippen LogP contribution >= 0.6 is 0 Å². The van der Waals surface area contributed by atoms with Gasteiger partial charge in [-0.15, -0.1) is 0 Å². The lowest BCUT2D eigenvalue weighted by Crippen LogP contribution is -2.56. The molecule has 9 heteroatoms. The van der Waals surface area contributed by atoms with Crippen molar-refractivity contribution in [2.24, 2.45) is 11.8 Å². The van der Waals surface area contributed by atoms with Crippen molar-refractivity contribution in [3.8, 4) is 0 Å². The number of nitrogens with zero attached hydrogens (tertiary/aromatic N) is 3. The molecule has 1 spiro atoms. The lowest BCUT2D eigenvalue weighted by atomic mass is 9.73. The van der Waals surface area contributed by atoms with Crippen LogP contribution in [-0.2, 0) is 23.9 Å². The van der Waals surface area contributed by atoms with Crippen molar-refractivity contribution in [3.63, 3.8) is 0 Å². The van der Waals surface area contributed by atoms with Gasteiger partial charge in [-0.3, -0.25) is 14.4 Å². The van der Waals surface area contributed by atoms with Gasteiger partial charge in [0.05, 0.1) is 12.5 Å². The normalized spacial score (nSPS) is 31.7. The van der Waals surface area contributed by atoms with Crippen molar-refractivity contribution in [1.82, 2.24) is 4.90 Å². The Balaban J connectivity index is 1.58. The van der Waals surface area contributed by atoms with E-state index in [-0.39, 0.29) is 25.0 Å². The average Bonchev–Trinajstić information content (AvgIpc) is 3.35. The molecule has 0 radical (unpaired) electrons. The van der Waals surface area contributed by atoms with E-state index < -0.39 is 35.0 Å². The van der Waals surface area contributed by atoms with Crippen LogP contribution in [0.2, 0.25) is 0 Å². The first-order valence-electron chi connectivity index (χ1n) is 15.7. The third-order valence-corrected chi connectivity index (χ3v) is 9.48. The lowest BCUT2D eigenvalue weighted by Gasteiger charge is -2.38. The number of carbonyl (C=O) groups is 3. The summed E-state index contributed by atoms with van der Waals surface area (Å²) in [5.74, 6) is -2.70. The van der Waals surface area contributed by atoms with Crippen LogP contribution in [0.5, 0.6) is 0 Å². The van der Waals surface area contributed by atoms with Crippen LogP contribution in [0.3, 0.4) is 0 Å². The molecule has 1 aromatic carbocycles. The van der Waals surface area contributed by atoms with E-state index in [1.165, 1.54) is 0 Å². The van der Waals surface area contributed by atoms with Gasteiger partial charge in [0.2, 0.25) is 5.91 Å². The first kappa shape index (κ1) is 30.3. The van der Waals surface area contributed by atoms with Crippen LogP contribution < -0.4 is 9.80 Å². The summed E-state index contributed by atoms with van der Waals surface area (Å²) in [6.07, 6.45) is 11.7. The Hall–Kier alpha value is -3.17. The number of allylic oxidation sites excluding steroid dienone is 1. The lowest BCUT2D eigenvalue weighted by molar-refractivity contribution is -0.160. The first-order valence-corrected chi connectivity index (χ1v) is 15.7. The van der Waals surface area contributed by atoms with E-state index in [1.54, 1.807) is 9.80 Å². The third-order valence-electron chi connectivity index (χ3n) is 9.48. The van der Waals surface area contributed by atoms with Crippen LogP contribution in [-0.4, -0.2) is 84.4 Å². The standard InChI is InChI=1S/C33H45N3O6/c1-4-32-18-9-7-8-12-23-41-31(40)27(32)26-29(38)36(20-10-11-22-37)28-30(39)35(21-13-19-33(26,28)42-32)25-16-14-24(15-17-25)34(5-2)6-3/h9,13-19,26-28,37H,4-8,10-12,20-23H2,1-3H3/b18-9-/t26-,27-,28?,32+,33-/m0/s1. The fourth-order valence-electron chi connectivity index (χ4n) is 7.34. The van der Waals surface area contributed by atoms with Crippen LogP contribution in [0.1, 0.15) is 59.3 Å². The van der Waals surface area contributed by atoms with Gasteiger partial charge in [-0.1, -0.05) is 31.2 Å². The molecule has 4 aliphatic heterocycles. The first-order chi connectivity index (χ1) is 20.4. The number of hydrogen-bond donors (Lipinski definition) is 1. The van der Waals surface area contributed by atoms with Gasteiger partial charge in [0.1, 0.15) is 23.2 Å². The summed E-state index contributed by atoms with van der Waals surface area (Å²) in [7, 11) is 0. The molecule has 5 atom stereocenters. The molecule has 42 heavy (non-hydrogen) atoms. The maximum Gasteiger partial charge on any atom is 0.313 e. The Morgan fingerprint density at radius 3 is 2.40 bits per heavy atom. The maximum atomic E-state index is 14.6. The summed E-state index contributed by atoms with van der Waals surface area (Å²) in [5.41, 5.74) is -0.556. The molecule has 2 fully saturated rings. The Morgan fingerprint density at radius 1 is 0.952 bits per heavy atom. The predicted molar refractivity (Wildman–Crippen MR) is 161 cm³/mol. The second-order valence-electron chi connectivity index (χ2n) is 11.7. The zero-order valence-corrected chi connectivity index (χ0v) is 25.2. The van der Waals surface area contributed by atoms with Crippen LogP contribution in [0.25, 0.3) is 0 Å². The summed E-state index contributed by atoms with van der Waals surface area (Å²) < 4.78 is 12.7. The van der Waals surface area contributed by atoms with Crippen molar-refractivity contribution < 1.29 is 29.0 Å². The molecule has 5 rings (SSSR count). The van der Waals surface area contributed by atoms with Crippen molar-refractivity contribution in [2.75, 3.05) is 49.2 Å². The predicted octanol–water partition coefficient (Wildman–Crippen LogP) is 3.85. The highest BCUT2D eigenvalue weighted by Crippen LogP contribution is 2.58. The van der Waals surface area contributed by atoms with Crippen LogP contribution in [0.15, 0.2) is 48.6 Å². The van der Waals surface area contributed by atoms with Gasteiger partial charge in [-0.05, 0) is 76.6 Å². The quantitative estimate of drug-likeness (QED) is 0.270. The largest absolute Gasteiger partial charge is 0.465 e. The zero-order valence-electron chi connectivity index (χ0n) is 25.2. The van der Waals surface area contributed by atoms with E-state index in [1.807, 2.05) is 49.4 Å². The molecule has 0 saturated carbocycles. The van der Waals surface area contributed by atoms with Gasteiger partial charge in [0, 0.05) is 44.2 Å². The summed E-state index contributed by atoms with van der Waals surface area (Å²) in [4.78, 5) is 48.3. The van der Waals surface area contributed by atoms with Crippen molar-refractivity contribution >= 4 is 29.2 Å². The molecule has 1 aromatic rings. The van der Waals surface area contributed by atoms with Gasteiger partial charge in [-0.25, -0.2) is 0 Å². The van der Waals surface area contributed by atoms with E-state index in [2.05, 4.69) is 24.8 Å². The van der Waals surface area contributed by atoms with E-state index in [9.17, 15) is 19.5 Å². The number of hydrogen-bond acceptors (Lipinski definition) is 7. The Bertz CT molecular complexity index is 1210. The fraction of sp³-hybridized carbons (Fsp3) is 0.606. The Morgan fingerprint density at radius 2 is 1.71 bits per heavy atom. The van der Waals surface area contributed by atoms with E-state index in [0.29, 0.717) is 32.4 Å². The highest BCUT2D eigenvalue weighted by atomic mass is 16.6. The van der Waals surface area contributed by atoms with E-state index in [4.69, 9.17) is 9.47 Å². The van der Waals surface area contributed by atoms with Crippen molar-refractivity contribution in [2.45, 2.75) is 76.5 Å². The zero-order chi connectivity index (χ0) is 29.9. The number of fused-ring (bicyclic) bond motifs is 2. The van der Waals surface area contributed by atoms with Gasteiger partial charge >= 0.3 is 5.97 Å². The number of cyclic esters (lactones) is 1. The molecular formula is C33H45N3O6. The van der Waals surface area contributed by atoms with Gasteiger partial charge in [-0.2, -0.15) is 0 Å². The minimum atomic E-state index is -1.32. The molecule has 228 valence electrons. The second kappa shape index (κ2) is 12.6. The van der Waals surface area contributed by atoms with E-state index in [0.717, 1.165) is 43.7 Å². The molecule has 1 unspecified atom stereocenters. The molecule has 4 aliphatic rings. The topological polar surface area (TPSA) is 99.6 Å². The molecule has 1 N–H and O–H groups in total. The molecule has 4 heterocycles. The molecule has 0 aliphatic carbocycles. The number of anilines is 2. The number of esters is 1. The number of ether oxygens (including phenoxy) is 2. The summed E-state index contributed by atoms with van der Waals surface area (Å²) in [6.45, 7) is 8.84. The fourth-order valence-corrected chi connectivity index (χ4v) is 7.34. The smallest absolute Gasteiger partial charge is 0.313 e. The van der Waals surface area contributed by atoms with Gasteiger partial charge < -0.3 is 29.3 Å². The van der Waals surface area contributed by atoms with Gasteiger partial charge in [0.15, 0.2) is 0 Å². The van der Waals surface area contributed by atoms with Gasteiger partial charge in [0.25, 0.3) is 5.91 Å². The minimum absolute atomic E-state index is 0.00464. The number of benzene rings is 1. The minimum Gasteiger partial charge on any atom is -0.465 e. The maximum absolute atomic E-state index is 14.6. The summed E-state index contributed by atoms with van der Waals surface area (Å²) in [6, 6.07) is 7.00. The molecule has 0 bridgehead atoms. The Kier molecular flexibility index (Phi) is 9.08. The monoisotopic (exact) mass is 579 g/mol. The molecular weight excluding hydrogens is 534 g/mol. The van der Waals surface area contributed by atoms with Crippen LogP contribution in [0, 0.1) is 11.8 Å². The SMILES string of the molecule is CCN(CC)c1ccc(N2CC=C[C@]34O[C@]5(CC)/C=C\CCCCOC(=O)[C@@H]5[C@H]3C(=O)N(CCCCO)C4C2=O)cc1. The highest BCUT2D eigenvalue weighted by Gasteiger charge is 2.75. The number of aliphatic hydroxyl groups excluding tert-OH is 1. The molecule has 2 amide bonds. The molecule has 9 nitrogen and oxygen atoms in total. The van der Waals surface area contributed by atoms with Crippen molar-refractivity contribution in [3.05, 3.63) is 48.6 Å². The summed E-state index contributed by atoms with van der Waals surface area (Å²) in [5, 5.41) is 9.46. The third kappa shape index (κ3) is 5.04. The average molecular weight is 580 g/mol. The number of rotatable bonds is 9. The Labute approximate surface area is 249 Å². The number of amides is 2. The molecule has 2 saturated heterocycles. The van der Waals surface area contributed by atoms with Crippen molar-refractivity contribution in [1.29, 1.82) is 0 Å². The van der Waals surface area contributed by atoms with E-state index >= 15 is 0 Å². The number of likely N-dealkylation sites (tertiary alicyclic amines) is 1. The number of unbranched alkanes of at least 4 members (excludes halogenated alkanes) is 1. The number of carbonyl (C=O) groups excluding carboxylic acids is 3. The second-order valence-corrected chi connectivity index (χ2v) is 11.7.